The average Bonchev–Trinajstić information content (AvgIpc) is 3.50. The lowest BCUT2D eigenvalue weighted by atomic mass is 9.34. The van der Waals surface area contributed by atoms with Gasteiger partial charge in [-0.25, -0.2) is 4.79 Å². The molecule has 7 heteroatoms. The molecule has 0 aromatic carbocycles. The minimum absolute atomic E-state index is 0.0591. The van der Waals surface area contributed by atoms with Gasteiger partial charge in [-0.15, -0.1) is 0 Å². The molecule has 7 fully saturated rings. The van der Waals surface area contributed by atoms with Crippen molar-refractivity contribution in [2.24, 2.45) is 33.5 Å². The van der Waals surface area contributed by atoms with E-state index in [2.05, 4.69) is 48.5 Å². The second-order valence-corrected chi connectivity index (χ2v) is 19.7. The van der Waals surface area contributed by atoms with Gasteiger partial charge >= 0.3 is 5.97 Å². The van der Waals surface area contributed by atoms with Crippen LogP contribution in [0.3, 0.4) is 0 Å². The van der Waals surface area contributed by atoms with Crippen molar-refractivity contribution < 1.29 is 27.8 Å². The Morgan fingerprint density at radius 2 is 1.74 bits per heavy atom. The first-order chi connectivity index (χ1) is 18.5. The molecule has 39 heavy (non-hydrogen) atoms. The fraction of sp³-hybridized carbons (Fsp3) is 0.844. The third-order valence-electron chi connectivity index (χ3n) is 13.8. The number of fused-ring (bicyclic) bond motifs is 3. The Morgan fingerprint density at radius 3 is 2.36 bits per heavy atom. The highest BCUT2D eigenvalue weighted by atomic mass is 28.4. The largest absolute Gasteiger partial charge is 0.472 e. The number of cyclic esters (lactones) is 1. The van der Waals surface area contributed by atoms with E-state index in [1.54, 1.807) is 12.5 Å². The molecule has 0 amide bonds. The van der Waals surface area contributed by atoms with E-state index in [9.17, 15) is 4.79 Å². The van der Waals surface area contributed by atoms with E-state index in [1.165, 1.54) is 6.42 Å². The van der Waals surface area contributed by atoms with Gasteiger partial charge in [0.2, 0.25) is 0 Å². The smallest absolute Gasteiger partial charge is 0.339 e. The van der Waals surface area contributed by atoms with Crippen molar-refractivity contribution in [3.8, 4) is 0 Å². The molecule has 6 nitrogen and oxygen atoms in total. The van der Waals surface area contributed by atoms with Gasteiger partial charge < -0.3 is 23.1 Å². The summed E-state index contributed by atoms with van der Waals surface area (Å²) in [4.78, 5) is 13.6. The molecule has 1 unspecified atom stereocenters. The van der Waals surface area contributed by atoms with Crippen molar-refractivity contribution in [3.63, 3.8) is 0 Å². The fourth-order valence-electron chi connectivity index (χ4n) is 11.5. The SMILES string of the molecule is CC[Si](CC)(CC)O[C@@H]1C[C@H]2C(C)(C)C3CC[C@]2(CO3)[C@H]2CC[C@@]3(C)[C@H](c4ccoc4)OC(=O)[C@H]4O[C@]43[C@@]21C. The van der Waals surface area contributed by atoms with Crippen LogP contribution in [0.5, 0.6) is 0 Å². The van der Waals surface area contributed by atoms with Crippen LogP contribution in [0, 0.1) is 33.5 Å². The fourth-order valence-corrected chi connectivity index (χ4v) is 14.4. The highest BCUT2D eigenvalue weighted by Gasteiger charge is 2.89. The van der Waals surface area contributed by atoms with E-state index < -0.39 is 20.0 Å². The summed E-state index contributed by atoms with van der Waals surface area (Å²) < 4.78 is 32.9. The van der Waals surface area contributed by atoms with E-state index in [0.717, 1.165) is 56.0 Å². The van der Waals surface area contributed by atoms with Crippen LogP contribution in [0.15, 0.2) is 23.0 Å². The predicted octanol–water partition coefficient (Wildman–Crippen LogP) is 7.05. The molecule has 7 aliphatic rings. The van der Waals surface area contributed by atoms with Gasteiger partial charge in [0.15, 0.2) is 14.4 Å². The summed E-state index contributed by atoms with van der Waals surface area (Å²) in [5.41, 5.74) is -0.138. The zero-order valence-corrected chi connectivity index (χ0v) is 26.0. The van der Waals surface area contributed by atoms with Gasteiger partial charge in [0.25, 0.3) is 0 Å². The first kappa shape index (κ1) is 26.7. The maximum Gasteiger partial charge on any atom is 0.339 e. The number of esters is 1. The molecule has 3 saturated carbocycles. The zero-order chi connectivity index (χ0) is 27.6. The van der Waals surface area contributed by atoms with Crippen molar-refractivity contribution >= 4 is 14.3 Å². The second kappa shape index (κ2) is 8.23. The molecule has 10 atom stereocenters. The van der Waals surface area contributed by atoms with Crippen LogP contribution < -0.4 is 0 Å². The lowest BCUT2D eigenvalue weighted by Crippen LogP contribution is -2.76. The van der Waals surface area contributed by atoms with Crippen LogP contribution in [-0.4, -0.2) is 44.8 Å². The lowest BCUT2D eigenvalue weighted by molar-refractivity contribution is -0.319. The maximum atomic E-state index is 13.6. The monoisotopic (exact) mass is 556 g/mol. The summed E-state index contributed by atoms with van der Waals surface area (Å²) in [6.45, 7) is 17.5. The first-order valence-electron chi connectivity index (χ1n) is 15.7. The molecule has 0 N–H and O–H groups in total. The van der Waals surface area contributed by atoms with Gasteiger partial charge in [0, 0.05) is 21.8 Å². The van der Waals surface area contributed by atoms with Gasteiger partial charge in [-0.2, -0.15) is 0 Å². The molecular weight excluding hydrogens is 508 g/mol. The van der Waals surface area contributed by atoms with Crippen molar-refractivity contribution in [1.82, 2.24) is 0 Å². The number of hydrogen-bond donors (Lipinski definition) is 0. The van der Waals surface area contributed by atoms with E-state index in [1.807, 2.05) is 6.07 Å². The number of hydrogen-bond acceptors (Lipinski definition) is 6. The first-order valence-corrected chi connectivity index (χ1v) is 18.2. The van der Waals surface area contributed by atoms with Crippen molar-refractivity contribution in [2.75, 3.05) is 6.61 Å². The molecule has 1 aromatic heterocycles. The topological polar surface area (TPSA) is 70.4 Å². The van der Waals surface area contributed by atoms with Crippen LogP contribution >= 0.6 is 0 Å². The quantitative estimate of drug-likeness (QED) is 0.212. The molecule has 2 bridgehead atoms. The Morgan fingerprint density at radius 1 is 1.00 bits per heavy atom. The third kappa shape index (κ3) is 2.96. The Hall–Kier alpha value is -1.15. The van der Waals surface area contributed by atoms with Gasteiger partial charge in [-0.3, -0.25) is 0 Å². The van der Waals surface area contributed by atoms with E-state index in [0.29, 0.717) is 17.9 Å². The number of carbonyl (C=O) groups excluding carboxylic acids is 1. The molecule has 2 spiro atoms. The summed E-state index contributed by atoms with van der Waals surface area (Å²) >= 11 is 0. The van der Waals surface area contributed by atoms with Crippen molar-refractivity contribution in [1.29, 1.82) is 0 Å². The van der Waals surface area contributed by atoms with Gasteiger partial charge in [0.1, 0.15) is 11.7 Å². The number of rotatable bonds is 6. The highest BCUT2D eigenvalue weighted by molar-refractivity contribution is 6.73. The average molecular weight is 557 g/mol. The molecule has 8 rings (SSSR count). The number of epoxide rings is 1. The molecule has 0 radical (unpaired) electrons. The van der Waals surface area contributed by atoms with Crippen LogP contribution in [0.25, 0.3) is 0 Å². The third-order valence-corrected chi connectivity index (χ3v) is 18.4. The van der Waals surface area contributed by atoms with Gasteiger partial charge in [-0.05, 0) is 73.6 Å². The zero-order valence-electron chi connectivity index (χ0n) is 25.0. The molecule has 1 aromatic rings. The van der Waals surface area contributed by atoms with Gasteiger partial charge in [0.05, 0.1) is 31.3 Å². The second-order valence-electron chi connectivity index (χ2n) is 14.9. The maximum absolute atomic E-state index is 13.6. The molecule has 5 heterocycles. The van der Waals surface area contributed by atoms with Crippen molar-refractivity contribution in [2.45, 2.75) is 129 Å². The van der Waals surface area contributed by atoms with E-state index >= 15 is 0 Å². The Kier molecular flexibility index (Phi) is 5.64. The standard InChI is InChI=1S/C32H48O6Si/c1-8-39(9-2,10-3)38-24-17-22-28(4,5)23-12-15-31(22,19-35-23)21-11-14-29(6)25(20-13-16-34-18-20)36-27(33)26-32(29,37-26)30(21,24)7/h13,16,18,21-26H,8-12,14-15,17,19H2,1-7H3/t21-,22-,23?,24+,25-,26+,29-,30-,31-,32+/m0/s1. The van der Waals surface area contributed by atoms with Crippen LogP contribution in [0.4, 0.5) is 0 Å². The Bertz CT molecular complexity index is 1130. The lowest BCUT2D eigenvalue weighted by Gasteiger charge is -2.74. The van der Waals surface area contributed by atoms with E-state index in [4.69, 9.17) is 23.1 Å². The summed E-state index contributed by atoms with van der Waals surface area (Å²) in [5.74, 6) is 0.712. The molecule has 216 valence electrons. The minimum Gasteiger partial charge on any atom is -0.472 e. The summed E-state index contributed by atoms with van der Waals surface area (Å²) in [5, 5.41) is 0. The van der Waals surface area contributed by atoms with Crippen molar-refractivity contribution in [3.05, 3.63) is 24.2 Å². The van der Waals surface area contributed by atoms with Gasteiger partial charge in [-0.1, -0.05) is 48.5 Å². The molecule has 3 aliphatic carbocycles. The Balaban J connectivity index is 1.41. The van der Waals surface area contributed by atoms with E-state index in [-0.39, 0.29) is 39.8 Å². The summed E-state index contributed by atoms with van der Waals surface area (Å²) in [6.07, 6.45) is 8.34. The molecule has 4 aliphatic heterocycles. The normalized spacial score (nSPS) is 49.4. The molecule has 4 saturated heterocycles. The highest BCUT2D eigenvalue weighted by Crippen LogP contribution is 2.81. The number of carbonyl (C=O) groups is 1. The number of furan rings is 1. The Labute approximate surface area is 235 Å². The molecular formula is C32H48O6Si. The van der Waals surface area contributed by atoms with Crippen LogP contribution in [0.1, 0.15) is 92.2 Å². The number of ether oxygens (including phenoxy) is 3. The summed E-state index contributed by atoms with van der Waals surface area (Å²) in [7, 11) is -1.95. The predicted molar refractivity (Wildman–Crippen MR) is 149 cm³/mol. The van der Waals surface area contributed by atoms with Crippen LogP contribution in [-0.2, 0) is 23.4 Å². The van der Waals surface area contributed by atoms with Crippen LogP contribution in [0.2, 0.25) is 18.1 Å². The minimum atomic E-state index is -1.95. The summed E-state index contributed by atoms with van der Waals surface area (Å²) in [6, 6.07) is 5.32.